The van der Waals surface area contributed by atoms with Crippen molar-refractivity contribution >= 4 is 33.9 Å². The summed E-state index contributed by atoms with van der Waals surface area (Å²) >= 11 is 0.890. The average molecular weight is 338 g/mol. The van der Waals surface area contributed by atoms with Gasteiger partial charge in [0.25, 0.3) is 0 Å². The number of anilines is 2. The molecule has 4 N–H and O–H groups in total. The molecule has 0 aliphatic carbocycles. The van der Waals surface area contributed by atoms with Gasteiger partial charge in [0.1, 0.15) is 22.3 Å². The van der Waals surface area contributed by atoms with Crippen LogP contribution in [0.4, 0.5) is 19.7 Å². The lowest BCUT2D eigenvalue weighted by Gasteiger charge is -2.27. The van der Waals surface area contributed by atoms with Crippen molar-refractivity contribution in [1.82, 2.24) is 10.3 Å². The Hall–Kier alpha value is -2.39. The van der Waals surface area contributed by atoms with Gasteiger partial charge in [-0.15, -0.1) is 0 Å². The summed E-state index contributed by atoms with van der Waals surface area (Å²) in [6.45, 7) is 1.50. The second-order valence-electron chi connectivity index (χ2n) is 4.99. The number of nitrogens with two attached hydrogens (primary N) is 1. The molecule has 1 fully saturated rings. The van der Waals surface area contributed by atoms with Crippen LogP contribution in [0.25, 0.3) is 0 Å². The molecule has 0 unspecified atom stereocenters. The molecule has 0 spiro atoms. The van der Waals surface area contributed by atoms with Crippen LogP contribution in [0.15, 0.2) is 18.2 Å². The van der Waals surface area contributed by atoms with E-state index in [1.807, 2.05) is 0 Å². The largest absolute Gasteiger partial charge is 0.382 e. The maximum absolute atomic E-state index is 13.6. The SMILES string of the molecule is Nc1nc(NC2CNC2)sc1C(=O)C(=O)c1c(F)cccc1F. The molecular formula is C14H12F2N4O2S. The van der Waals surface area contributed by atoms with Crippen molar-refractivity contribution in [2.24, 2.45) is 0 Å². The number of thiazole rings is 1. The first-order valence-electron chi connectivity index (χ1n) is 6.74. The molecule has 0 amide bonds. The Balaban J connectivity index is 1.86. The van der Waals surface area contributed by atoms with Gasteiger partial charge in [-0.25, -0.2) is 13.8 Å². The topological polar surface area (TPSA) is 97.1 Å². The van der Waals surface area contributed by atoms with Crippen LogP contribution in [-0.4, -0.2) is 35.7 Å². The molecule has 120 valence electrons. The van der Waals surface area contributed by atoms with Crippen molar-refractivity contribution in [3.63, 3.8) is 0 Å². The Bertz CT molecular complexity index is 769. The van der Waals surface area contributed by atoms with Crippen LogP contribution in [0.2, 0.25) is 0 Å². The molecule has 1 aromatic carbocycles. The van der Waals surface area contributed by atoms with Crippen LogP contribution in [0.3, 0.4) is 0 Å². The molecule has 23 heavy (non-hydrogen) atoms. The van der Waals surface area contributed by atoms with Crippen LogP contribution in [0, 0.1) is 11.6 Å². The molecule has 9 heteroatoms. The van der Waals surface area contributed by atoms with E-state index in [1.165, 1.54) is 0 Å². The minimum absolute atomic E-state index is 0.132. The van der Waals surface area contributed by atoms with Gasteiger partial charge in [0, 0.05) is 13.1 Å². The predicted octanol–water partition coefficient (Wildman–Crippen LogP) is 1.45. The zero-order valence-corrected chi connectivity index (χ0v) is 12.5. The van der Waals surface area contributed by atoms with E-state index in [0.717, 1.165) is 42.6 Å². The van der Waals surface area contributed by atoms with Crippen LogP contribution < -0.4 is 16.4 Å². The van der Waals surface area contributed by atoms with Crippen molar-refractivity contribution in [2.75, 3.05) is 24.1 Å². The highest BCUT2D eigenvalue weighted by Gasteiger charge is 2.29. The van der Waals surface area contributed by atoms with Crippen molar-refractivity contribution in [3.05, 3.63) is 40.3 Å². The average Bonchev–Trinajstić information content (AvgIpc) is 2.82. The molecule has 1 saturated heterocycles. The van der Waals surface area contributed by atoms with Crippen LogP contribution in [-0.2, 0) is 0 Å². The maximum atomic E-state index is 13.6. The number of carbonyl (C=O) groups excluding carboxylic acids is 2. The van der Waals surface area contributed by atoms with E-state index in [-0.39, 0.29) is 16.7 Å². The van der Waals surface area contributed by atoms with Gasteiger partial charge in [-0.05, 0) is 12.1 Å². The molecule has 2 heterocycles. The van der Waals surface area contributed by atoms with Crippen LogP contribution >= 0.6 is 11.3 Å². The second kappa shape index (κ2) is 6.01. The molecule has 1 aliphatic heterocycles. The number of Topliss-reactive ketones (excluding diaryl/α,β-unsaturated/α-hetero) is 2. The van der Waals surface area contributed by atoms with E-state index in [4.69, 9.17) is 5.73 Å². The van der Waals surface area contributed by atoms with Gasteiger partial charge >= 0.3 is 0 Å². The molecule has 0 bridgehead atoms. The van der Waals surface area contributed by atoms with E-state index in [0.29, 0.717) is 5.13 Å². The smallest absolute Gasteiger partial charge is 0.247 e. The molecule has 3 rings (SSSR count). The summed E-state index contributed by atoms with van der Waals surface area (Å²) in [6, 6.07) is 3.11. The van der Waals surface area contributed by atoms with E-state index in [1.54, 1.807) is 0 Å². The summed E-state index contributed by atoms with van der Waals surface area (Å²) in [4.78, 5) is 28.2. The van der Waals surface area contributed by atoms with Crippen molar-refractivity contribution < 1.29 is 18.4 Å². The van der Waals surface area contributed by atoms with Gasteiger partial charge in [-0.3, -0.25) is 9.59 Å². The maximum Gasteiger partial charge on any atom is 0.247 e. The highest BCUT2D eigenvalue weighted by Crippen LogP contribution is 2.28. The van der Waals surface area contributed by atoms with Gasteiger partial charge in [0.05, 0.1) is 11.6 Å². The monoisotopic (exact) mass is 338 g/mol. The third kappa shape index (κ3) is 2.92. The molecule has 2 aromatic rings. The quantitative estimate of drug-likeness (QED) is 0.564. The van der Waals surface area contributed by atoms with Gasteiger partial charge in [-0.2, -0.15) is 0 Å². The first-order chi connectivity index (χ1) is 11.0. The third-order valence-electron chi connectivity index (χ3n) is 3.36. The molecule has 1 aromatic heterocycles. The number of hydrogen-bond acceptors (Lipinski definition) is 7. The second-order valence-corrected chi connectivity index (χ2v) is 5.99. The number of aromatic nitrogens is 1. The van der Waals surface area contributed by atoms with Crippen LogP contribution in [0.1, 0.15) is 20.0 Å². The number of hydrogen-bond donors (Lipinski definition) is 3. The van der Waals surface area contributed by atoms with Gasteiger partial charge in [-0.1, -0.05) is 17.4 Å². The van der Waals surface area contributed by atoms with Crippen molar-refractivity contribution in [3.8, 4) is 0 Å². The number of rotatable bonds is 5. The molecule has 1 aliphatic rings. The number of nitrogen functional groups attached to an aromatic ring is 1. The lowest BCUT2D eigenvalue weighted by atomic mass is 10.1. The number of nitrogens with one attached hydrogen (secondary N) is 2. The minimum atomic E-state index is -1.28. The predicted molar refractivity (Wildman–Crippen MR) is 81.8 cm³/mol. The van der Waals surface area contributed by atoms with E-state index >= 15 is 0 Å². The number of halogens is 2. The summed E-state index contributed by atoms with van der Waals surface area (Å²) in [5.41, 5.74) is 4.77. The fraction of sp³-hybridized carbons (Fsp3) is 0.214. The summed E-state index contributed by atoms with van der Waals surface area (Å²) < 4.78 is 27.3. The Morgan fingerprint density at radius 1 is 1.26 bits per heavy atom. The molecule has 6 nitrogen and oxygen atoms in total. The van der Waals surface area contributed by atoms with Crippen molar-refractivity contribution in [1.29, 1.82) is 0 Å². The van der Waals surface area contributed by atoms with Gasteiger partial charge in [0.2, 0.25) is 11.6 Å². The lowest BCUT2D eigenvalue weighted by Crippen LogP contribution is -2.51. The number of nitrogens with zero attached hydrogens (tertiary/aromatic N) is 1. The number of carbonyl (C=O) groups is 2. The summed E-state index contributed by atoms with van der Waals surface area (Å²) in [7, 11) is 0. The van der Waals surface area contributed by atoms with Crippen molar-refractivity contribution in [2.45, 2.75) is 6.04 Å². The number of ketones is 2. The normalized spacial score (nSPS) is 14.3. The lowest BCUT2D eigenvalue weighted by molar-refractivity contribution is 0.0814. The Morgan fingerprint density at radius 2 is 1.91 bits per heavy atom. The highest BCUT2D eigenvalue weighted by molar-refractivity contribution is 7.18. The molecule has 0 atom stereocenters. The standard InChI is InChI=1S/C14H12F2N4O2S/c15-7-2-1-3-8(16)9(7)10(21)11(22)12-13(17)20-14(23-12)19-6-4-18-5-6/h1-3,6,18H,4-5,17H2,(H,19,20). The van der Waals surface area contributed by atoms with E-state index in [2.05, 4.69) is 15.6 Å². The Labute approximate surface area is 133 Å². The summed E-state index contributed by atoms with van der Waals surface area (Å²) in [5, 5.41) is 6.49. The van der Waals surface area contributed by atoms with E-state index < -0.39 is 28.8 Å². The Morgan fingerprint density at radius 3 is 2.48 bits per heavy atom. The fourth-order valence-corrected chi connectivity index (χ4v) is 2.95. The fourth-order valence-electron chi connectivity index (χ4n) is 2.05. The minimum Gasteiger partial charge on any atom is -0.382 e. The number of benzene rings is 1. The van der Waals surface area contributed by atoms with E-state index in [9.17, 15) is 18.4 Å². The first-order valence-corrected chi connectivity index (χ1v) is 7.55. The summed E-state index contributed by atoms with van der Waals surface area (Å²) in [6.07, 6.45) is 0. The molecular weight excluding hydrogens is 326 g/mol. The Kier molecular flexibility index (Phi) is 4.05. The van der Waals surface area contributed by atoms with Gasteiger partial charge < -0.3 is 16.4 Å². The zero-order valence-electron chi connectivity index (χ0n) is 11.7. The first kappa shape index (κ1) is 15.5. The third-order valence-corrected chi connectivity index (χ3v) is 4.37. The highest BCUT2D eigenvalue weighted by atomic mass is 32.1. The zero-order chi connectivity index (χ0) is 16.6. The van der Waals surface area contributed by atoms with Gasteiger partial charge in [0.15, 0.2) is 5.13 Å². The van der Waals surface area contributed by atoms with Crippen LogP contribution in [0.5, 0.6) is 0 Å². The molecule has 0 saturated carbocycles. The molecule has 0 radical (unpaired) electrons. The summed E-state index contributed by atoms with van der Waals surface area (Å²) in [5.74, 6) is -4.69.